The van der Waals surface area contributed by atoms with Crippen molar-refractivity contribution in [1.29, 1.82) is 0 Å². The van der Waals surface area contributed by atoms with Gasteiger partial charge in [0.25, 0.3) is 0 Å². The lowest BCUT2D eigenvalue weighted by Gasteiger charge is -2.17. The van der Waals surface area contributed by atoms with Crippen LogP contribution in [-0.2, 0) is 16.6 Å². The second kappa shape index (κ2) is 8.01. The molecule has 0 amide bonds. The van der Waals surface area contributed by atoms with Gasteiger partial charge in [0, 0.05) is 32.7 Å². The summed E-state index contributed by atoms with van der Waals surface area (Å²) in [5.74, 6) is 0.766. The maximum Gasteiger partial charge on any atom is 0.243 e. The fraction of sp³-hybridized carbons (Fsp3) is 0.500. The monoisotopic (exact) mass is 362 g/mol. The van der Waals surface area contributed by atoms with Crippen molar-refractivity contribution in [3.05, 3.63) is 42.0 Å². The maximum atomic E-state index is 12.5. The molecule has 1 saturated heterocycles. The van der Waals surface area contributed by atoms with Crippen molar-refractivity contribution in [3.8, 4) is 0 Å². The van der Waals surface area contributed by atoms with Crippen LogP contribution < -0.4 is 10.6 Å². The SMILES string of the molecule is CN=C(NCc1ccc(S(=O)(=O)N2CCCC2)cc1)NC1CC=CC1. The molecular weight excluding hydrogens is 336 g/mol. The minimum Gasteiger partial charge on any atom is -0.353 e. The zero-order valence-electron chi connectivity index (χ0n) is 14.6. The van der Waals surface area contributed by atoms with Crippen LogP contribution in [-0.4, -0.2) is 44.9 Å². The maximum absolute atomic E-state index is 12.5. The van der Waals surface area contributed by atoms with E-state index < -0.39 is 10.0 Å². The summed E-state index contributed by atoms with van der Waals surface area (Å²) in [6.07, 6.45) is 8.27. The van der Waals surface area contributed by atoms with Crippen LogP contribution in [0.2, 0.25) is 0 Å². The van der Waals surface area contributed by atoms with Crippen molar-refractivity contribution in [2.75, 3.05) is 20.1 Å². The number of nitrogens with one attached hydrogen (secondary N) is 2. The van der Waals surface area contributed by atoms with Crippen molar-refractivity contribution in [1.82, 2.24) is 14.9 Å². The molecule has 2 N–H and O–H groups in total. The van der Waals surface area contributed by atoms with Crippen LogP contribution in [0.1, 0.15) is 31.2 Å². The molecule has 25 heavy (non-hydrogen) atoms. The molecule has 1 aliphatic carbocycles. The molecule has 0 aromatic heterocycles. The summed E-state index contributed by atoms with van der Waals surface area (Å²) in [6.45, 7) is 1.86. The fourth-order valence-corrected chi connectivity index (χ4v) is 4.68. The Morgan fingerprint density at radius 1 is 1.16 bits per heavy atom. The second-order valence-electron chi connectivity index (χ2n) is 6.46. The number of rotatable bonds is 5. The number of hydrogen-bond acceptors (Lipinski definition) is 3. The Hall–Kier alpha value is -1.86. The summed E-state index contributed by atoms with van der Waals surface area (Å²) in [6, 6.07) is 7.52. The summed E-state index contributed by atoms with van der Waals surface area (Å²) in [7, 11) is -1.58. The first-order valence-corrected chi connectivity index (χ1v) is 10.2. The summed E-state index contributed by atoms with van der Waals surface area (Å²) in [5.41, 5.74) is 1.02. The van der Waals surface area contributed by atoms with E-state index in [1.807, 2.05) is 12.1 Å². The molecule has 2 aliphatic rings. The Morgan fingerprint density at radius 3 is 2.40 bits per heavy atom. The molecule has 1 aromatic rings. The molecule has 1 heterocycles. The van der Waals surface area contributed by atoms with Gasteiger partial charge < -0.3 is 10.6 Å². The van der Waals surface area contributed by atoms with Crippen LogP contribution in [0.4, 0.5) is 0 Å². The van der Waals surface area contributed by atoms with Gasteiger partial charge in [-0.15, -0.1) is 0 Å². The fourth-order valence-electron chi connectivity index (χ4n) is 3.17. The number of guanidine groups is 1. The lowest BCUT2D eigenvalue weighted by molar-refractivity contribution is 0.477. The van der Waals surface area contributed by atoms with Crippen LogP contribution in [0.3, 0.4) is 0 Å². The van der Waals surface area contributed by atoms with Gasteiger partial charge in [-0.25, -0.2) is 8.42 Å². The third-order valence-electron chi connectivity index (χ3n) is 4.66. The normalized spacial score (nSPS) is 19.5. The lowest BCUT2D eigenvalue weighted by atomic mass is 10.2. The van der Waals surface area contributed by atoms with Gasteiger partial charge in [-0.05, 0) is 43.4 Å². The molecule has 0 atom stereocenters. The standard InChI is InChI=1S/C18H26N4O2S/c1-19-18(21-16-6-2-3-7-16)20-14-15-8-10-17(11-9-15)25(23,24)22-12-4-5-13-22/h2-3,8-11,16H,4-7,12-14H2,1H3,(H2,19,20,21). The molecule has 1 aromatic carbocycles. The topological polar surface area (TPSA) is 73.8 Å². The molecule has 6 nitrogen and oxygen atoms in total. The zero-order chi connectivity index (χ0) is 17.7. The molecule has 0 radical (unpaired) electrons. The van der Waals surface area contributed by atoms with Gasteiger partial charge in [0.05, 0.1) is 4.90 Å². The summed E-state index contributed by atoms with van der Waals surface area (Å²) in [4.78, 5) is 4.61. The van der Waals surface area contributed by atoms with Crippen LogP contribution in [0, 0.1) is 0 Å². The zero-order valence-corrected chi connectivity index (χ0v) is 15.4. The Balaban J connectivity index is 1.57. The van der Waals surface area contributed by atoms with Crippen LogP contribution in [0.15, 0.2) is 46.3 Å². The number of aliphatic imine (C=N–C) groups is 1. The van der Waals surface area contributed by atoms with Gasteiger partial charge in [0.2, 0.25) is 10.0 Å². The first-order chi connectivity index (χ1) is 12.1. The van der Waals surface area contributed by atoms with E-state index in [9.17, 15) is 8.42 Å². The highest BCUT2D eigenvalue weighted by atomic mass is 32.2. The van der Waals surface area contributed by atoms with E-state index in [1.54, 1.807) is 23.5 Å². The smallest absolute Gasteiger partial charge is 0.243 e. The second-order valence-corrected chi connectivity index (χ2v) is 8.40. The van der Waals surface area contributed by atoms with E-state index in [0.717, 1.165) is 37.2 Å². The molecule has 0 spiro atoms. The minimum atomic E-state index is -3.34. The summed E-state index contributed by atoms with van der Waals surface area (Å²) in [5, 5.41) is 6.66. The average Bonchev–Trinajstić information content (AvgIpc) is 3.32. The first-order valence-electron chi connectivity index (χ1n) is 8.81. The van der Waals surface area contributed by atoms with Crippen LogP contribution in [0.5, 0.6) is 0 Å². The van der Waals surface area contributed by atoms with Crippen LogP contribution in [0.25, 0.3) is 0 Å². The van der Waals surface area contributed by atoms with Gasteiger partial charge >= 0.3 is 0 Å². The van der Waals surface area contributed by atoms with Gasteiger partial charge in [-0.2, -0.15) is 4.31 Å². The van der Waals surface area contributed by atoms with E-state index >= 15 is 0 Å². The summed E-state index contributed by atoms with van der Waals surface area (Å²) >= 11 is 0. The number of benzene rings is 1. The molecular formula is C18H26N4O2S. The Bertz CT molecular complexity index is 727. The molecule has 0 bridgehead atoms. The molecule has 0 saturated carbocycles. The predicted octanol–water partition coefficient (Wildman–Crippen LogP) is 1.85. The average molecular weight is 362 g/mol. The van der Waals surface area contributed by atoms with E-state index in [1.165, 1.54) is 0 Å². The highest BCUT2D eigenvalue weighted by Crippen LogP contribution is 2.21. The third-order valence-corrected chi connectivity index (χ3v) is 6.57. The quantitative estimate of drug-likeness (QED) is 0.476. The van der Waals surface area contributed by atoms with Crippen molar-refractivity contribution in [3.63, 3.8) is 0 Å². The molecule has 3 rings (SSSR count). The molecule has 1 aliphatic heterocycles. The Morgan fingerprint density at radius 2 is 1.80 bits per heavy atom. The number of nitrogens with zero attached hydrogens (tertiary/aromatic N) is 2. The Kier molecular flexibility index (Phi) is 5.75. The van der Waals surface area contributed by atoms with Crippen molar-refractivity contribution in [2.24, 2.45) is 4.99 Å². The predicted molar refractivity (Wildman–Crippen MR) is 99.9 cm³/mol. The Labute approximate surface area is 150 Å². The van der Waals surface area contributed by atoms with E-state index in [4.69, 9.17) is 0 Å². The van der Waals surface area contributed by atoms with Gasteiger partial charge in [0.1, 0.15) is 0 Å². The van der Waals surface area contributed by atoms with E-state index in [0.29, 0.717) is 30.6 Å². The number of hydrogen-bond donors (Lipinski definition) is 2. The highest BCUT2D eigenvalue weighted by Gasteiger charge is 2.26. The van der Waals surface area contributed by atoms with Gasteiger partial charge in [-0.1, -0.05) is 24.3 Å². The van der Waals surface area contributed by atoms with Crippen molar-refractivity contribution >= 4 is 16.0 Å². The van der Waals surface area contributed by atoms with E-state index in [-0.39, 0.29) is 0 Å². The molecule has 7 heteroatoms. The first kappa shape index (κ1) is 17.9. The largest absolute Gasteiger partial charge is 0.353 e. The van der Waals surface area contributed by atoms with Crippen molar-refractivity contribution < 1.29 is 8.42 Å². The summed E-state index contributed by atoms with van der Waals surface area (Å²) < 4.78 is 26.6. The van der Waals surface area contributed by atoms with Gasteiger partial charge in [-0.3, -0.25) is 4.99 Å². The third kappa shape index (κ3) is 4.41. The number of sulfonamides is 1. The van der Waals surface area contributed by atoms with Crippen LogP contribution >= 0.6 is 0 Å². The minimum absolute atomic E-state index is 0.373. The molecule has 0 unspecified atom stereocenters. The van der Waals surface area contributed by atoms with Gasteiger partial charge in [0.15, 0.2) is 5.96 Å². The lowest BCUT2D eigenvalue weighted by Crippen LogP contribution is -2.42. The highest BCUT2D eigenvalue weighted by molar-refractivity contribution is 7.89. The molecule has 136 valence electrons. The molecule has 1 fully saturated rings. The van der Waals surface area contributed by atoms with E-state index in [2.05, 4.69) is 27.8 Å². The van der Waals surface area contributed by atoms with Crippen molar-refractivity contribution in [2.45, 2.75) is 43.2 Å².